The summed E-state index contributed by atoms with van der Waals surface area (Å²) in [5.74, 6) is -4.03. The van der Waals surface area contributed by atoms with Gasteiger partial charge in [-0.05, 0) is 104 Å². The number of nitrogens with one attached hydrogen (secondary N) is 5. The molecule has 1 fully saturated rings. The smallest absolute Gasteiger partial charge is 0.355 e. The van der Waals surface area contributed by atoms with Crippen molar-refractivity contribution < 1.29 is 33.5 Å². The van der Waals surface area contributed by atoms with E-state index in [1.165, 1.54) is 17.1 Å². The third kappa shape index (κ3) is 10.3. The van der Waals surface area contributed by atoms with Crippen molar-refractivity contribution in [2.75, 3.05) is 29.0 Å². The molecular weight excluding hydrogens is 758 g/mol. The molecule has 1 aliphatic heterocycles. The summed E-state index contributed by atoms with van der Waals surface area (Å²) in [7, 11) is 0. The number of esters is 1. The largest absolute Gasteiger partial charge is 0.455 e. The number of hydrogen-bond acceptors (Lipinski definition) is 10. The van der Waals surface area contributed by atoms with Gasteiger partial charge in [0, 0.05) is 52.7 Å². The number of likely N-dealkylation sites (tertiary alicyclic amines) is 1. The Balaban J connectivity index is 1.18. The molecule has 0 aliphatic carbocycles. The number of halogens is 1. The van der Waals surface area contributed by atoms with Crippen LogP contribution in [0.5, 0.6) is 0 Å². The summed E-state index contributed by atoms with van der Waals surface area (Å²) in [6.45, 7) is 6.06. The Morgan fingerprint density at radius 3 is 2.30 bits per heavy atom. The number of ether oxygens (including phenoxy) is 1. The SMILES string of the molecule is CC(C)(C)OC(=O)c1cc2cc(NC(=O)C(Cc3ccc(NC(=O)N4CCC(C(N)=O)CC4)cc3)NC(=O)C(=O)Nc3cc(Cl)ccc3-n3cnnn3)ccc2[nH]1. The molecule has 3 heterocycles. The van der Waals surface area contributed by atoms with Crippen LogP contribution in [0.15, 0.2) is 73.1 Å². The molecule has 0 radical (unpaired) electrons. The first-order valence-electron chi connectivity index (χ1n) is 17.9. The summed E-state index contributed by atoms with van der Waals surface area (Å²) in [4.78, 5) is 82.2. The number of amides is 6. The zero-order valence-corrected chi connectivity index (χ0v) is 31.9. The van der Waals surface area contributed by atoms with Crippen LogP contribution in [0.4, 0.5) is 21.9 Å². The molecule has 0 spiro atoms. The standard InChI is InChI=1S/C38H40ClN11O7/c1-38(2,3)57-36(55)30-18-23-17-26(9-10-27(23)44-30)42-33(52)29(46-35(54)34(53)45-28-19-24(39)6-11-31(28)50-20-41-47-48-50)16-21-4-7-25(8-5-21)43-37(56)49-14-12-22(13-15-49)32(40)51/h4-11,17-20,22,29,44H,12-16H2,1-3H3,(H2,40,51)(H,42,52)(H,43,56)(H,45,53)(H,46,54). The van der Waals surface area contributed by atoms with E-state index < -0.39 is 35.3 Å². The molecule has 0 bridgehead atoms. The molecule has 2 aromatic heterocycles. The summed E-state index contributed by atoms with van der Waals surface area (Å²) >= 11 is 6.18. The zero-order valence-electron chi connectivity index (χ0n) is 31.2. The lowest BCUT2D eigenvalue weighted by Gasteiger charge is -2.30. The van der Waals surface area contributed by atoms with Gasteiger partial charge < -0.3 is 41.6 Å². The molecule has 1 atom stereocenters. The number of tetrazole rings is 1. The van der Waals surface area contributed by atoms with E-state index in [-0.39, 0.29) is 40.7 Å². The Bertz CT molecular complexity index is 2310. The first-order chi connectivity index (χ1) is 27.1. The Morgan fingerprint density at radius 2 is 1.63 bits per heavy atom. The van der Waals surface area contributed by atoms with Crippen molar-refractivity contribution in [1.29, 1.82) is 0 Å². The quantitative estimate of drug-likeness (QED) is 0.0881. The average Bonchev–Trinajstić information content (AvgIpc) is 3.86. The number of nitrogens with two attached hydrogens (primary N) is 1. The van der Waals surface area contributed by atoms with Gasteiger partial charge in [-0.3, -0.25) is 19.2 Å². The fourth-order valence-electron chi connectivity index (χ4n) is 6.10. The Morgan fingerprint density at radius 1 is 0.912 bits per heavy atom. The van der Waals surface area contributed by atoms with E-state index in [2.05, 4.69) is 41.8 Å². The number of H-pyrrole nitrogens is 1. The number of carbonyl (C=O) groups is 6. The van der Waals surface area contributed by atoms with E-state index in [9.17, 15) is 28.8 Å². The van der Waals surface area contributed by atoms with Gasteiger partial charge in [0.1, 0.15) is 23.7 Å². The van der Waals surface area contributed by atoms with Crippen LogP contribution >= 0.6 is 11.6 Å². The molecule has 1 aliphatic rings. The highest BCUT2D eigenvalue weighted by molar-refractivity contribution is 6.40. The molecule has 57 heavy (non-hydrogen) atoms. The number of anilines is 3. The zero-order chi connectivity index (χ0) is 40.9. The summed E-state index contributed by atoms with van der Waals surface area (Å²) in [6, 6.07) is 16.1. The number of rotatable bonds is 10. The lowest BCUT2D eigenvalue weighted by atomic mass is 9.96. The summed E-state index contributed by atoms with van der Waals surface area (Å²) < 4.78 is 6.73. The van der Waals surface area contributed by atoms with Crippen molar-refractivity contribution in [3.8, 4) is 5.69 Å². The van der Waals surface area contributed by atoms with Crippen LogP contribution in [0.1, 0.15) is 49.7 Å². The second kappa shape index (κ2) is 16.9. The average molecular weight is 798 g/mol. The second-order valence-corrected chi connectivity index (χ2v) is 14.8. The Labute approximate surface area is 330 Å². The van der Waals surface area contributed by atoms with Gasteiger partial charge in [0.15, 0.2) is 0 Å². The molecule has 6 rings (SSSR count). The van der Waals surface area contributed by atoms with E-state index in [1.54, 1.807) is 86.3 Å². The highest BCUT2D eigenvalue weighted by Crippen LogP contribution is 2.25. The van der Waals surface area contributed by atoms with E-state index >= 15 is 0 Å². The first kappa shape index (κ1) is 39.9. The van der Waals surface area contributed by atoms with Gasteiger partial charge in [-0.2, -0.15) is 4.68 Å². The molecule has 6 amide bonds. The summed E-state index contributed by atoms with van der Waals surface area (Å²) in [5, 5.41) is 22.6. The number of hydrogen-bond donors (Lipinski definition) is 6. The van der Waals surface area contributed by atoms with Crippen LogP contribution in [-0.2, 0) is 30.3 Å². The fraction of sp³-hybridized carbons (Fsp3) is 0.289. The van der Waals surface area contributed by atoms with Crippen molar-refractivity contribution in [2.45, 2.75) is 51.7 Å². The maximum Gasteiger partial charge on any atom is 0.355 e. The molecule has 1 saturated heterocycles. The summed E-state index contributed by atoms with van der Waals surface area (Å²) in [5.41, 5.74) is 7.46. The van der Waals surface area contributed by atoms with E-state index in [0.29, 0.717) is 59.5 Å². The number of benzene rings is 3. The minimum atomic E-state index is -1.27. The minimum absolute atomic E-state index is 0.0536. The van der Waals surface area contributed by atoms with E-state index in [4.69, 9.17) is 22.1 Å². The predicted octanol–water partition coefficient (Wildman–Crippen LogP) is 3.79. The third-order valence-corrected chi connectivity index (χ3v) is 9.20. The van der Waals surface area contributed by atoms with Gasteiger partial charge in [0.25, 0.3) is 0 Å². The molecule has 18 nitrogen and oxygen atoms in total. The minimum Gasteiger partial charge on any atom is -0.455 e. The number of piperidine rings is 1. The van der Waals surface area contributed by atoms with Crippen LogP contribution in [0.3, 0.4) is 0 Å². The number of aromatic nitrogens is 5. The monoisotopic (exact) mass is 797 g/mol. The molecule has 1 unspecified atom stereocenters. The van der Waals surface area contributed by atoms with Crippen molar-refractivity contribution in [3.63, 3.8) is 0 Å². The van der Waals surface area contributed by atoms with Gasteiger partial charge >= 0.3 is 23.8 Å². The van der Waals surface area contributed by atoms with Crippen molar-refractivity contribution in [1.82, 2.24) is 35.4 Å². The lowest BCUT2D eigenvalue weighted by molar-refractivity contribution is -0.137. The van der Waals surface area contributed by atoms with Gasteiger partial charge in [0.05, 0.1) is 11.4 Å². The molecule has 5 aromatic rings. The maximum absolute atomic E-state index is 13.9. The second-order valence-electron chi connectivity index (χ2n) is 14.4. The number of nitrogens with zero attached hydrogens (tertiary/aromatic N) is 5. The van der Waals surface area contributed by atoms with Crippen LogP contribution in [0.25, 0.3) is 16.6 Å². The molecule has 19 heteroatoms. The maximum atomic E-state index is 13.9. The van der Waals surface area contributed by atoms with Gasteiger partial charge in [-0.25, -0.2) is 9.59 Å². The van der Waals surface area contributed by atoms with Crippen molar-refractivity contribution in [3.05, 3.63) is 89.3 Å². The van der Waals surface area contributed by atoms with Crippen LogP contribution in [0, 0.1) is 5.92 Å². The van der Waals surface area contributed by atoms with Crippen molar-refractivity contribution in [2.24, 2.45) is 11.7 Å². The molecule has 3 aromatic carbocycles. The third-order valence-electron chi connectivity index (χ3n) is 8.97. The van der Waals surface area contributed by atoms with E-state index in [1.807, 2.05) is 0 Å². The summed E-state index contributed by atoms with van der Waals surface area (Å²) in [6.07, 6.45) is 2.22. The molecular formula is C38H40ClN11O7. The molecule has 7 N–H and O–H groups in total. The highest BCUT2D eigenvalue weighted by atomic mass is 35.5. The topological polar surface area (TPSA) is 248 Å². The number of carbonyl (C=O) groups excluding carboxylic acids is 6. The van der Waals surface area contributed by atoms with Crippen LogP contribution in [0.2, 0.25) is 5.02 Å². The highest BCUT2D eigenvalue weighted by Gasteiger charge is 2.28. The lowest BCUT2D eigenvalue weighted by Crippen LogP contribution is -2.49. The number of aromatic amines is 1. The van der Waals surface area contributed by atoms with Gasteiger partial charge in [-0.15, -0.1) is 5.10 Å². The van der Waals surface area contributed by atoms with E-state index in [0.717, 1.165) is 0 Å². The normalized spacial score (nSPS) is 13.7. The molecule has 0 saturated carbocycles. The number of fused-ring (bicyclic) bond motifs is 1. The van der Waals surface area contributed by atoms with Gasteiger partial charge in [0.2, 0.25) is 11.8 Å². The first-order valence-corrected chi connectivity index (χ1v) is 18.3. The number of primary amides is 1. The Kier molecular flexibility index (Phi) is 11.8. The Hall–Kier alpha value is -6.82. The fourth-order valence-corrected chi connectivity index (χ4v) is 6.28. The molecule has 296 valence electrons. The van der Waals surface area contributed by atoms with Crippen LogP contribution < -0.4 is 27.0 Å². The van der Waals surface area contributed by atoms with Crippen LogP contribution in [-0.4, -0.2) is 90.5 Å². The number of urea groups is 1. The van der Waals surface area contributed by atoms with Gasteiger partial charge in [-0.1, -0.05) is 23.7 Å². The van der Waals surface area contributed by atoms with Crippen molar-refractivity contribution >= 4 is 75.2 Å². The predicted molar refractivity (Wildman–Crippen MR) is 209 cm³/mol.